The van der Waals surface area contributed by atoms with E-state index in [0.717, 1.165) is 16.1 Å². The van der Waals surface area contributed by atoms with Crippen LogP contribution in [0.15, 0.2) is 54.6 Å². The SMILES string of the molecule is Cc1nc(-c2ccccc2)sc1C(=O)NNC(=S)NCc1ccc(F)cc1. The van der Waals surface area contributed by atoms with Gasteiger partial charge in [-0.15, -0.1) is 11.3 Å². The topological polar surface area (TPSA) is 66.0 Å². The normalized spacial score (nSPS) is 10.3. The summed E-state index contributed by atoms with van der Waals surface area (Å²) in [5, 5.41) is 3.99. The number of thiocarbonyl (C=S) groups is 1. The lowest BCUT2D eigenvalue weighted by molar-refractivity contribution is 0.0947. The van der Waals surface area contributed by atoms with Crippen LogP contribution in [0.4, 0.5) is 4.39 Å². The van der Waals surface area contributed by atoms with E-state index in [4.69, 9.17) is 12.2 Å². The molecule has 2 aromatic carbocycles. The van der Waals surface area contributed by atoms with Crippen LogP contribution in [0.2, 0.25) is 0 Å². The van der Waals surface area contributed by atoms with Crippen LogP contribution >= 0.6 is 23.6 Å². The summed E-state index contributed by atoms with van der Waals surface area (Å²) in [5.74, 6) is -0.598. The maximum absolute atomic E-state index is 12.9. The van der Waals surface area contributed by atoms with Crippen molar-refractivity contribution in [3.05, 3.63) is 76.5 Å². The lowest BCUT2D eigenvalue weighted by Gasteiger charge is -2.11. The monoisotopic (exact) mass is 400 g/mol. The van der Waals surface area contributed by atoms with E-state index in [-0.39, 0.29) is 16.8 Å². The van der Waals surface area contributed by atoms with E-state index in [0.29, 0.717) is 17.1 Å². The Bertz CT molecular complexity index is 942. The molecule has 0 radical (unpaired) electrons. The number of carbonyl (C=O) groups excluding carboxylic acids is 1. The van der Waals surface area contributed by atoms with Crippen LogP contribution in [0.25, 0.3) is 10.6 Å². The third-order valence-electron chi connectivity index (χ3n) is 3.68. The molecule has 1 amide bonds. The number of hydrogen-bond acceptors (Lipinski definition) is 4. The summed E-state index contributed by atoms with van der Waals surface area (Å²) in [5.41, 5.74) is 7.73. The van der Waals surface area contributed by atoms with Gasteiger partial charge in [-0.05, 0) is 36.8 Å². The minimum absolute atomic E-state index is 0.262. The molecule has 0 aliphatic rings. The van der Waals surface area contributed by atoms with E-state index >= 15 is 0 Å². The van der Waals surface area contributed by atoms with Gasteiger partial charge in [0.15, 0.2) is 5.11 Å². The van der Waals surface area contributed by atoms with Crippen molar-refractivity contribution >= 4 is 34.6 Å². The molecule has 3 rings (SSSR count). The quantitative estimate of drug-likeness (QED) is 0.462. The maximum atomic E-state index is 12.9. The van der Waals surface area contributed by atoms with Crippen LogP contribution < -0.4 is 16.2 Å². The smallest absolute Gasteiger partial charge is 0.281 e. The first kappa shape index (κ1) is 18.9. The second-order valence-electron chi connectivity index (χ2n) is 5.69. The minimum Gasteiger partial charge on any atom is -0.357 e. The van der Waals surface area contributed by atoms with Crippen LogP contribution in [-0.4, -0.2) is 16.0 Å². The Morgan fingerprint density at radius 2 is 1.81 bits per heavy atom. The Kier molecular flexibility index (Phi) is 6.10. The molecule has 0 aliphatic carbocycles. The standard InChI is InChI=1S/C19H17FN4OS2/c1-12-16(27-18(22-12)14-5-3-2-4-6-14)17(25)23-24-19(26)21-11-13-7-9-15(20)10-8-13/h2-10H,11H2,1H3,(H,23,25)(H2,21,24,26). The van der Waals surface area contributed by atoms with Crippen molar-refractivity contribution in [1.29, 1.82) is 0 Å². The molecule has 8 heteroatoms. The summed E-state index contributed by atoms with van der Waals surface area (Å²) in [7, 11) is 0. The third kappa shape index (κ3) is 5.08. The van der Waals surface area contributed by atoms with Gasteiger partial charge in [0.1, 0.15) is 15.7 Å². The van der Waals surface area contributed by atoms with Gasteiger partial charge in [-0.1, -0.05) is 42.5 Å². The summed E-state index contributed by atoms with van der Waals surface area (Å²) < 4.78 is 12.9. The van der Waals surface area contributed by atoms with Gasteiger partial charge in [-0.25, -0.2) is 9.37 Å². The Morgan fingerprint density at radius 1 is 1.11 bits per heavy atom. The molecule has 0 saturated heterocycles. The van der Waals surface area contributed by atoms with Gasteiger partial charge in [-0.2, -0.15) is 0 Å². The number of thiazole rings is 1. The van der Waals surface area contributed by atoms with Crippen LogP contribution in [0.1, 0.15) is 20.9 Å². The van der Waals surface area contributed by atoms with Crippen LogP contribution in [0.3, 0.4) is 0 Å². The molecule has 0 saturated carbocycles. The number of nitrogens with one attached hydrogen (secondary N) is 3. The van der Waals surface area contributed by atoms with Gasteiger partial charge in [0, 0.05) is 12.1 Å². The number of benzene rings is 2. The molecule has 0 spiro atoms. The fraction of sp³-hybridized carbons (Fsp3) is 0.105. The molecule has 0 atom stereocenters. The molecule has 5 nitrogen and oxygen atoms in total. The second kappa shape index (κ2) is 8.70. The van der Waals surface area contributed by atoms with E-state index in [1.165, 1.54) is 23.5 Å². The highest BCUT2D eigenvalue weighted by Crippen LogP contribution is 2.27. The number of rotatable bonds is 4. The fourth-order valence-electron chi connectivity index (χ4n) is 2.31. The second-order valence-corrected chi connectivity index (χ2v) is 7.10. The number of aromatic nitrogens is 1. The summed E-state index contributed by atoms with van der Waals surface area (Å²) >= 11 is 6.46. The Hall–Kier alpha value is -2.84. The van der Waals surface area contributed by atoms with E-state index in [1.54, 1.807) is 19.1 Å². The molecule has 0 unspecified atom stereocenters. The van der Waals surface area contributed by atoms with Crippen molar-refractivity contribution in [2.75, 3.05) is 0 Å². The van der Waals surface area contributed by atoms with Gasteiger partial charge in [0.25, 0.3) is 5.91 Å². The average molecular weight is 401 g/mol. The van der Waals surface area contributed by atoms with Crippen LogP contribution in [-0.2, 0) is 6.54 Å². The molecule has 0 aliphatic heterocycles. The first-order valence-corrected chi connectivity index (χ1v) is 9.37. The Morgan fingerprint density at radius 3 is 2.52 bits per heavy atom. The van der Waals surface area contributed by atoms with Crippen molar-refractivity contribution in [3.63, 3.8) is 0 Å². The highest BCUT2D eigenvalue weighted by molar-refractivity contribution is 7.80. The van der Waals surface area contributed by atoms with Crippen molar-refractivity contribution < 1.29 is 9.18 Å². The van der Waals surface area contributed by atoms with Gasteiger partial charge in [0.05, 0.1) is 5.69 Å². The largest absolute Gasteiger partial charge is 0.357 e. The lowest BCUT2D eigenvalue weighted by atomic mass is 10.2. The number of aryl methyl sites for hydroxylation is 1. The number of nitrogens with zero attached hydrogens (tertiary/aromatic N) is 1. The Labute approximate surface area is 165 Å². The number of hydrogen-bond donors (Lipinski definition) is 3. The van der Waals surface area contributed by atoms with Crippen LogP contribution in [0.5, 0.6) is 0 Å². The molecule has 0 bridgehead atoms. The molecule has 138 valence electrons. The summed E-state index contributed by atoms with van der Waals surface area (Å²) in [4.78, 5) is 17.4. The van der Waals surface area contributed by atoms with Crippen molar-refractivity contribution in [1.82, 2.24) is 21.2 Å². The van der Waals surface area contributed by atoms with Crippen molar-refractivity contribution in [3.8, 4) is 10.6 Å². The summed E-state index contributed by atoms with van der Waals surface area (Å²) in [6.45, 7) is 2.21. The predicted molar refractivity (Wildman–Crippen MR) is 109 cm³/mol. The summed E-state index contributed by atoms with van der Waals surface area (Å²) in [6.07, 6.45) is 0. The van der Waals surface area contributed by atoms with Gasteiger partial charge < -0.3 is 5.32 Å². The highest BCUT2D eigenvalue weighted by atomic mass is 32.1. The average Bonchev–Trinajstić information content (AvgIpc) is 3.08. The number of hydrazine groups is 1. The minimum atomic E-state index is -0.307. The molecule has 3 N–H and O–H groups in total. The number of carbonyl (C=O) groups is 1. The van der Waals surface area contributed by atoms with E-state index in [2.05, 4.69) is 21.2 Å². The molecular weight excluding hydrogens is 383 g/mol. The molecule has 1 heterocycles. The highest BCUT2D eigenvalue weighted by Gasteiger charge is 2.16. The zero-order chi connectivity index (χ0) is 19.2. The molecule has 0 fully saturated rings. The van der Waals surface area contributed by atoms with E-state index < -0.39 is 0 Å². The fourth-order valence-corrected chi connectivity index (χ4v) is 3.40. The van der Waals surface area contributed by atoms with E-state index in [9.17, 15) is 9.18 Å². The van der Waals surface area contributed by atoms with Gasteiger partial charge >= 0.3 is 0 Å². The van der Waals surface area contributed by atoms with E-state index in [1.807, 2.05) is 30.3 Å². The summed E-state index contributed by atoms with van der Waals surface area (Å²) in [6, 6.07) is 15.8. The molecule has 3 aromatic rings. The first-order valence-electron chi connectivity index (χ1n) is 8.14. The zero-order valence-electron chi connectivity index (χ0n) is 14.5. The van der Waals surface area contributed by atoms with Gasteiger partial charge in [0.2, 0.25) is 0 Å². The number of halogens is 1. The maximum Gasteiger partial charge on any atom is 0.281 e. The van der Waals surface area contributed by atoms with Crippen molar-refractivity contribution in [2.24, 2.45) is 0 Å². The van der Waals surface area contributed by atoms with Crippen LogP contribution in [0, 0.1) is 12.7 Å². The van der Waals surface area contributed by atoms with Crippen molar-refractivity contribution in [2.45, 2.75) is 13.5 Å². The molecular formula is C19H17FN4OS2. The Balaban J connectivity index is 1.54. The van der Waals surface area contributed by atoms with Gasteiger partial charge in [-0.3, -0.25) is 15.6 Å². The third-order valence-corrected chi connectivity index (χ3v) is 5.13. The molecule has 27 heavy (non-hydrogen) atoms. The first-order chi connectivity index (χ1) is 13.0. The molecule has 1 aromatic heterocycles. The number of amides is 1. The zero-order valence-corrected chi connectivity index (χ0v) is 16.1. The predicted octanol–water partition coefficient (Wildman–Crippen LogP) is 3.57. The lowest BCUT2D eigenvalue weighted by Crippen LogP contribution is -2.46.